The molecule has 2 aliphatic rings. The third-order valence-electron chi connectivity index (χ3n) is 4.35. The molecular weight excluding hydrogens is 210 g/mol. The Morgan fingerprint density at radius 2 is 1.65 bits per heavy atom. The van der Waals surface area contributed by atoms with Crippen molar-refractivity contribution in [1.29, 1.82) is 0 Å². The monoisotopic (exact) mass is 239 g/mol. The highest BCUT2D eigenvalue weighted by molar-refractivity contribution is 4.75. The van der Waals surface area contributed by atoms with Gasteiger partial charge < -0.3 is 5.73 Å². The lowest BCUT2D eigenvalue weighted by molar-refractivity contribution is 0.117. The van der Waals surface area contributed by atoms with Crippen molar-refractivity contribution in [1.82, 2.24) is 10.4 Å². The van der Waals surface area contributed by atoms with Gasteiger partial charge in [-0.15, -0.1) is 0 Å². The van der Waals surface area contributed by atoms with E-state index in [1.807, 2.05) is 0 Å². The maximum Gasteiger partial charge on any atom is 0.0340 e. The second-order valence-corrected chi connectivity index (χ2v) is 5.85. The first-order valence-electron chi connectivity index (χ1n) is 7.59. The zero-order chi connectivity index (χ0) is 11.9. The van der Waals surface area contributed by atoms with Crippen molar-refractivity contribution in [2.45, 2.75) is 63.8 Å². The van der Waals surface area contributed by atoms with Gasteiger partial charge in [-0.05, 0) is 25.2 Å². The third-order valence-corrected chi connectivity index (χ3v) is 4.35. The SMILES string of the molecule is NCC(CC1CCCCC1)NN1CCCCC1. The Kier molecular flexibility index (Phi) is 5.75. The van der Waals surface area contributed by atoms with Crippen LogP contribution in [0.2, 0.25) is 0 Å². The van der Waals surface area contributed by atoms with Crippen molar-refractivity contribution in [2.24, 2.45) is 11.7 Å². The van der Waals surface area contributed by atoms with Gasteiger partial charge in [-0.2, -0.15) is 0 Å². The predicted octanol–water partition coefficient (Wildman–Crippen LogP) is 2.27. The summed E-state index contributed by atoms with van der Waals surface area (Å²) in [4.78, 5) is 0. The first-order chi connectivity index (χ1) is 8.38. The van der Waals surface area contributed by atoms with Crippen molar-refractivity contribution in [2.75, 3.05) is 19.6 Å². The Balaban J connectivity index is 1.71. The number of hydrogen-bond acceptors (Lipinski definition) is 3. The first-order valence-corrected chi connectivity index (χ1v) is 7.59. The van der Waals surface area contributed by atoms with E-state index in [9.17, 15) is 0 Å². The molecule has 0 radical (unpaired) electrons. The van der Waals surface area contributed by atoms with Crippen LogP contribution < -0.4 is 11.2 Å². The topological polar surface area (TPSA) is 41.3 Å². The van der Waals surface area contributed by atoms with E-state index in [1.165, 1.54) is 70.9 Å². The summed E-state index contributed by atoms with van der Waals surface area (Å²) in [6.45, 7) is 3.20. The van der Waals surface area contributed by atoms with E-state index in [-0.39, 0.29) is 0 Å². The van der Waals surface area contributed by atoms with E-state index in [0.717, 1.165) is 12.5 Å². The van der Waals surface area contributed by atoms with Crippen molar-refractivity contribution in [3.63, 3.8) is 0 Å². The standard InChI is InChI=1S/C14H29N3/c15-12-14(11-13-7-3-1-4-8-13)16-17-9-5-2-6-10-17/h13-14,16H,1-12,15H2. The minimum atomic E-state index is 0.510. The third kappa shape index (κ3) is 4.57. The van der Waals surface area contributed by atoms with Crippen LogP contribution in [0.4, 0.5) is 0 Å². The van der Waals surface area contributed by atoms with E-state index in [2.05, 4.69) is 10.4 Å². The van der Waals surface area contributed by atoms with Gasteiger partial charge in [-0.25, -0.2) is 5.01 Å². The molecule has 0 bridgehead atoms. The first kappa shape index (κ1) is 13.3. The number of rotatable bonds is 5. The summed E-state index contributed by atoms with van der Waals surface area (Å²) in [6.07, 6.45) is 12.5. The van der Waals surface area contributed by atoms with Crippen LogP contribution in [0.1, 0.15) is 57.8 Å². The lowest BCUT2D eigenvalue weighted by atomic mass is 9.85. The average molecular weight is 239 g/mol. The summed E-state index contributed by atoms with van der Waals surface area (Å²) in [5.74, 6) is 0.926. The molecule has 3 nitrogen and oxygen atoms in total. The van der Waals surface area contributed by atoms with Gasteiger partial charge in [-0.1, -0.05) is 38.5 Å². The summed E-state index contributed by atoms with van der Waals surface area (Å²) >= 11 is 0. The van der Waals surface area contributed by atoms with E-state index >= 15 is 0 Å². The lowest BCUT2D eigenvalue weighted by Crippen LogP contribution is -2.50. The van der Waals surface area contributed by atoms with Crippen molar-refractivity contribution in [3.05, 3.63) is 0 Å². The zero-order valence-electron chi connectivity index (χ0n) is 11.2. The van der Waals surface area contributed by atoms with Crippen LogP contribution in [0.5, 0.6) is 0 Å². The molecule has 0 aromatic heterocycles. The molecule has 1 saturated heterocycles. The van der Waals surface area contributed by atoms with Gasteiger partial charge in [0.05, 0.1) is 0 Å². The molecule has 1 aliphatic heterocycles. The maximum atomic E-state index is 5.92. The Labute approximate surface area is 106 Å². The average Bonchev–Trinajstić information content (AvgIpc) is 2.40. The van der Waals surface area contributed by atoms with E-state index in [4.69, 9.17) is 5.73 Å². The maximum absolute atomic E-state index is 5.92. The highest BCUT2D eigenvalue weighted by atomic mass is 15.5. The molecule has 0 spiro atoms. The van der Waals surface area contributed by atoms with Crippen LogP contribution in [0.3, 0.4) is 0 Å². The number of hydrogen-bond donors (Lipinski definition) is 2. The Morgan fingerprint density at radius 3 is 2.29 bits per heavy atom. The van der Waals surface area contributed by atoms with E-state index in [0.29, 0.717) is 6.04 Å². The Hall–Kier alpha value is -0.120. The molecule has 1 heterocycles. The molecule has 2 fully saturated rings. The zero-order valence-corrected chi connectivity index (χ0v) is 11.2. The highest BCUT2D eigenvalue weighted by Gasteiger charge is 2.20. The summed E-state index contributed by atoms with van der Waals surface area (Å²) in [7, 11) is 0. The second kappa shape index (κ2) is 7.34. The molecule has 0 aromatic carbocycles. The highest BCUT2D eigenvalue weighted by Crippen LogP contribution is 2.27. The minimum absolute atomic E-state index is 0.510. The molecule has 3 N–H and O–H groups in total. The number of nitrogens with one attached hydrogen (secondary N) is 1. The Bertz CT molecular complexity index is 176. The quantitative estimate of drug-likeness (QED) is 0.773. The fraction of sp³-hybridized carbons (Fsp3) is 1.00. The summed E-state index contributed by atoms with van der Waals surface area (Å²) in [5, 5.41) is 2.41. The normalized spacial score (nSPS) is 25.9. The molecule has 1 atom stereocenters. The van der Waals surface area contributed by atoms with Crippen LogP contribution >= 0.6 is 0 Å². The van der Waals surface area contributed by atoms with Gasteiger partial charge >= 0.3 is 0 Å². The fourth-order valence-electron chi connectivity index (χ4n) is 3.31. The molecule has 2 rings (SSSR count). The van der Waals surface area contributed by atoms with Crippen molar-refractivity contribution in [3.8, 4) is 0 Å². The van der Waals surface area contributed by atoms with Crippen LogP contribution in [-0.4, -0.2) is 30.7 Å². The number of piperidine rings is 1. The summed E-state index contributed by atoms with van der Waals surface area (Å²) in [6, 6.07) is 0.510. The van der Waals surface area contributed by atoms with Gasteiger partial charge in [-0.3, -0.25) is 5.43 Å². The van der Waals surface area contributed by atoms with Gasteiger partial charge in [0.25, 0.3) is 0 Å². The van der Waals surface area contributed by atoms with Crippen molar-refractivity contribution >= 4 is 0 Å². The lowest BCUT2D eigenvalue weighted by Gasteiger charge is -2.33. The van der Waals surface area contributed by atoms with Crippen LogP contribution in [0.15, 0.2) is 0 Å². The van der Waals surface area contributed by atoms with E-state index in [1.54, 1.807) is 0 Å². The number of nitrogens with two attached hydrogens (primary N) is 1. The van der Waals surface area contributed by atoms with Gasteiger partial charge in [0.1, 0.15) is 0 Å². The van der Waals surface area contributed by atoms with Crippen molar-refractivity contribution < 1.29 is 0 Å². The molecule has 17 heavy (non-hydrogen) atoms. The molecule has 100 valence electrons. The molecular formula is C14H29N3. The second-order valence-electron chi connectivity index (χ2n) is 5.85. The van der Waals surface area contributed by atoms with E-state index < -0.39 is 0 Å². The molecule has 0 aromatic rings. The van der Waals surface area contributed by atoms with Crippen LogP contribution in [-0.2, 0) is 0 Å². The number of hydrazine groups is 1. The van der Waals surface area contributed by atoms with Gasteiger partial charge in [0.2, 0.25) is 0 Å². The Morgan fingerprint density at radius 1 is 1.00 bits per heavy atom. The summed E-state index contributed by atoms with van der Waals surface area (Å²) < 4.78 is 0. The van der Waals surface area contributed by atoms with Gasteiger partial charge in [0.15, 0.2) is 0 Å². The molecule has 1 aliphatic carbocycles. The number of nitrogens with zero attached hydrogens (tertiary/aromatic N) is 1. The summed E-state index contributed by atoms with van der Waals surface area (Å²) in [5.41, 5.74) is 9.58. The fourth-order valence-corrected chi connectivity index (χ4v) is 3.31. The minimum Gasteiger partial charge on any atom is -0.329 e. The molecule has 1 saturated carbocycles. The molecule has 1 unspecified atom stereocenters. The smallest absolute Gasteiger partial charge is 0.0340 e. The van der Waals surface area contributed by atoms with Gasteiger partial charge in [0, 0.05) is 25.7 Å². The van der Waals surface area contributed by atoms with Crippen LogP contribution in [0.25, 0.3) is 0 Å². The molecule has 0 amide bonds. The van der Waals surface area contributed by atoms with Crippen LogP contribution in [0, 0.1) is 5.92 Å². The molecule has 3 heteroatoms. The largest absolute Gasteiger partial charge is 0.329 e. The predicted molar refractivity (Wildman–Crippen MR) is 72.6 cm³/mol.